The predicted molar refractivity (Wildman–Crippen MR) is 114 cm³/mol. The number of benzene rings is 2. The van der Waals surface area contributed by atoms with Gasteiger partial charge in [0.25, 0.3) is 5.91 Å². The second-order valence-corrected chi connectivity index (χ2v) is 7.37. The third kappa shape index (κ3) is 6.07. The van der Waals surface area contributed by atoms with E-state index < -0.39 is 0 Å². The maximum Gasteiger partial charge on any atom is 0.321 e. The van der Waals surface area contributed by atoms with Gasteiger partial charge in [-0.1, -0.05) is 48.5 Å². The van der Waals surface area contributed by atoms with E-state index in [4.69, 9.17) is 4.74 Å². The van der Waals surface area contributed by atoms with E-state index >= 15 is 0 Å². The second kappa shape index (κ2) is 10.4. The highest BCUT2D eigenvalue weighted by molar-refractivity contribution is 5.89. The summed E-state index contributed by atoms with van der Waals surface area (Å²) >= 11 is 0. The van der Waals surface area contributed by atoms with Crippen molar-refractivity contribution in [1.82, 2.24) is 10.2 Å². The van der Waals surface area contributed by atoms with Gasteiger partial charge in [0.05, 0.1) is 12.0 Å². The van der Waals surface area contributed by atoms with E-state index in [1.54, 1.807) is 4.90 Å². The number of urea groups is 1. The molecule has 1 fully saturated rings. The highest BCUT2D eigenvalue weighted by Gasteiger charge is 2.28. The van der Waals surface area contributed by atoms with E-state index in [0.29, 0.717) is 25.9 Å². The highest BCUT2D eigenvalue weighted by atomic mass is 16.5. The SMILES string of the molecule is CC(NC(=O)COC(=O)C1CCN(C(=O)Nc2ccccc2)CC1)c1ccccc1. The molecule has 2 aromatic rings. The first-order chi connectivity index (χ1) is 14.5. The van der Waals surface area contributed by atoms with Crippen LogP contribution in [0.5, 0.6) is 0 Å². The number of hydrogen-bond acceptors (Lipinski definition) is 4. The fourth-order valence-corrected chi connectivity index (χ4v) is 3.41. The van der Waals surface area contributed by atoms with Gasteiger partial charge < -0.3 is 20.3 Å². The first-order valence-electron chi connectivity index (χ1n) is 10.1. The normalized spacial score (nSPS) is 15.2. The van der Waals surface area contributed by atoms with Crippen LogP contribution in [0, 0.1) is 5.92 Å². The zero-order valence-electron chi connectivity index (χ0n) is 17.0. The molecule has 0 aliphatic carbocycles. The Labute approximate surface area is 176 Å². The molecule has 1 aliphatic rings. The van der Waals surface area contributed by atoms with Gasteiger partial charge >= 0.3 is 12.0 Å². The van der Waals surface area contributed by atoms with Gasteiger partial charge in [0, 0.05) is 18.8 Å². The lowest BCUT2D eigenvalue weighted by atomic mass is 9.97. The Morgan fingerprint density at radius 3 is 2.23 bits per heavy atom. The summed E-state index contributed by atoms with van der Waals surface area (Å²) in [6.45, 7) is 2.52. The number of para-hydroxylation sites is 1. The maximum atomic E-state index is 12.3. The van der Waals surface area contributed by atoms with Crippen molar-refractivity contribution in [3.05, 3.63) is 66.2 Å². The molecule has 1 unspecified atom stereocenters. The van der Waals surface area contributed by atoms with Gasteiger partial charge in [0.2, 0.25) is 0 Å². The third-order valence-electron chi connectivity index (χ3n) is 5.16. The molecule has 3 rings (SSSR count). The molecule has 0 radical (unpaired) electrons. The van der Waals surface area contributed by atoms with Gasteiger partial charge in [-0.2, -0.15) is 0 Å². The van der Waals surface area contributed by atoms with Crippen LogP contribution < -0.4 is 10.6 Å². The molecule has 1 saturated heterocycles. The van der Waals surface area contributed by atoms with Gasteiger partial charge in [-0.05, 0) is 37.5 Å². The summed E-state index contributed by atoms with van der Waals surface area (Å²) in [5.74, 6) is -1.02. The average Bonchev–Trinajstić information content (AvgIpc) is 2.78. The van der Waals surface area contributed by atoms with Gasteiger partial charge in [-0.3, -0.25) is 9.59 Å². The summed E-state index contributed by atoms with van der Waals surface area (Å²) < 4.78 is 5.20. The Kier molecular flexibility index (Phi) is 7.43. The number of likely N-dealkylation sites (tertiary alicyclic amines) is 1. The summed E-state index contributed by atoms with van der Waals surface area (Å²) in [6.07, 6.45) is 1.03. The van der Waals surface area contributed by atoms with E-state index in [2.05, 4.69) is 10.6 Å². The van der Waals surface area contributed by atoms with Crippen LogP contribution in [0.2, 0.25) is 0 Å². The lowest BCUT2D eigenvalue weighted by Crippen LogP contribution is -2.43. The van der Waals surface area contributed by atoms with Gasteiger partial charge in [-0.15, -0.1) is 0 Å². The van der Waals surface area contributed by atoms with Crippen LogP contribution in [0.25, 0.3) is 0 Å². The van der Waals surface area contributed by atoms with Crippen molar-refractivity contribution >= 4 is 23.6 Å². The van der Waals surface area contributed by atoms with Crippen molar-refractivity contribution in [2.45, 2.75) is 25.8 Å². The molecule has 0 spiro atoms. The third-order valence-corrected chi connectivity index (χ3v) is 5.16. The van der Waals surface area contributed by atoms with Crippen LogP contribution in [-0.4, -0.2) is 42.5 Å². The Hall–Kier alpha value is -3.35. The summed E-state index contributed by atoms with van der Waals surface area (Å²) in [6, 6.07) is 18.5. The molecule has 0 aromatic heterocycles. The van der Waals surface area contributed by atoms with Crippen LogP contribution in [-0.2, 0) is 14.3 Å². The first kappa shape index (κ1) is 21.4. The predicted octanol–water partition coefficient (Wildman–Crippen LogP) is 3.35. The summed E-state index contributed by atoms with van der Waals surface area (Å²) in [5.41, 5.74) is 1.72. The molecule has 2 aromatic carbocycles. The minimum Gasteiger partial charge on any atom is -0.455 e. The smallest absolute Gasteiger partial charge is 0.321 e. The van der Waals surface area contributed by atoms with Crippen LogP contribution in [0.15, 0.2) is 60.7 Å². The Morgan fingerprint density at radius 2 is 1.60 bits per heavy atom. The summed E-state index contributed by atoms with van der Waals surface area (Å²) in [7, 11) is 0. The molecular formula is C23H27N3O4. The topological polar surface area (TPSA) is 87.7 Å². The van der Waals surface area contributed by atoms with Crippen molar-refractivity contribution in [2.75, 3.05) is 25.0 Å². The summed E-state index contributed by atoms with van der Waals surface area (Å²) in [5, 5.41) is 5.67. The number of piperidine rings is 1. The Bertz CT molecular complexity index is 849. The molecule has 158 valence electrons. The number of nitrogens with zero attached hydrogens (tertiary/aromatic N) is 1. The molecule has 1 heterocycles. The number of anilines is 1. The standard InChI is InChI=1S/C23H27N3O4/c1-17(18-8-4-2-5-9-18)24-21(27)16-30-22(28)19-12-14-26(15-13-19)23(29)25-20-10-6-3-7-11-20/h2-11,17,19H,12-16H2,1H3,(H,24,27)(H,25,29). The second-order valence-electron chi connectivity index (χ2n) is 7.37. The number of carbonyl (C=O) groups excluding carboxylic acids is 3. The van der Waals surface area contributed by atoms with E-state index in [1.807, 2.05) is 67.6 Å². The monoisotopic (exact) mass is 409 g/mol. The summed E-state index contributed by atoms with van der Waals surface area (Å²) in [4.78, 5) is 38.4. The highest BCUT2D eigenvalue weighted by Crippen LogP contribution is 2.20. The quantitative estimate of drug-likeness (QED) is 0.716. The van der Waals surface area contributed by atoms with E-state index in [-0.39, 0.29) is 36.5 Å². The molecule has 30 heavy (non-hydrogen) atoms. The van der Waals surface area contributed by atoms with Gasteiger partial charge in [0.1, 0.15) is 0 Å². The molecule has 2 N–H and O–H groups in total. The van der Waals surface area contributed by atoms with Crippen molar-refractivity contribution in [2.24, 2.45) is 5.92 Å². The van der Waals surface area contributed by atoms with E-state index in [1.165, 1.54) is 0 Å². The zero-order chi connectivity index (χ0) is 21.3. The van der Waals surface area contributed by atoms with E-state index in [0.717, 1.165) is 11.3 Å². The van der Waals surface area contributed by atoms with E-state index in [9.17, 15) is 14.4 Å². The first-order valence-corrected chi connectivity index (χ1v) is 10.1. The number of rotatable bonds is 6. The molecule has 0 saturated carbocycles. The molecule has 0 bridgehead atoms. The number of carbonyl (C=O) groups is 3. The fourth-order valence-electron chi connectivity index (χ4n) is 3.41. The van der Waals surface area contributed by atoms with Crippen LogP contribution in [0.1, 0.15) is 31.4 Å². The van der Waals surface area contributed by atoms with Crippen molar-refractivity contribution in [3.63, 3.8) is 0 Å². The average molecular weight is 409 g/mol. The van der Waals surface area contributed by atoms with Crippen LogP contribution >= 0.6 is 0 Å². The number of esters is 1. The minimum absolute atomic E-state index is 0.163. The zero-order valence-corrected chi connectivity index (χ0v) is 17.0. The lowest BCUT2D eigenvalue weighted by molar-refractivity contribution is -0.154. The number of hydrogen-bond donors (Lipinski definition) is 2. The van der Waals surface area contributed by atoms with Crippen molar-refractivity contribution in [1.29, 1.82) is 0 Å². The minimum atomic E-state index is -0.388. The number of amides is 3. The molecule has 1 atom stereocenters. The fraction of sp³-hybridized carbons (Fsp3) is 0.348. The molecule has 3 amide bonds. The molecule has 1 aliphatic heterocycles. The van der Waals surface area contributed by atoms with Crippen LogP contribution in [0.3, 0.4) is 0 Å². The molecule has 7 heteroatoms. The Morgan fingerprint density at radius 1 is 1.00 bits per heavy atom. The van der Waals surface area contributed by atoms with Crippen LogP contribution in [0.4, 0.5) is 10.5 Å². The largest absolute Gasteiger partial charge is 0.455 e. The number of nitrogens with one attached hydrogen (secondary N) is 2. The molecular weight excluding hydrogens is 382 g/mol. The van der Waals surface area contributed by atoms with Gasteiger partial charge in [-0.25, -0.2) is 4.79 Å². The Balaban J connectivity index is 1.37. The number of ether oxygens (including phenoxy) is 1. The van der Waals surface area contributed by atoms with Crippen molar-refractivity contribution < 1.29 is 19.1 Å². The lowest BCUT2D eigenvalue weighted by Gasteiger charge is -2.30. The maximum absolute atomic E-state index is 12.3. The van der Waals surface area contributed by atoms with Crippen molar-refractivity contribution in [3.8, 4) is 0 Å². The van der Waals surface area contributed by atoms with Gasteiger partial charge in [0.15, 0.2) is 6.61 Å². The molecule has 7 nitrogen and oxygen atoms in total.